The van der Waals surface area contributed by atoms with Crippen LogP contribution in [0.1, 0.15) is 52.1 Å². The number of benzene rings is 1. The van der Waals surface area contributed by atoms with Crippen molar-refractivity contribution in [1.29, 1.82) is 0 Å². The number of hydrogen-bond acceptors (Lipinski definition) is 5. The van der Waals surface area contributed by atoms with E-state index in [0.717, 1.165) is 35.7 Å². The lowest BCUT2D eigenvalue weighted by Gasteiger charge is -2.22. The predicted octanol–water partition coefficient (Wildman–Crippen LogP) is 3.60. The summed E-state index contributed by atoms with van der Waals surface area (Å²) in [4.78, 5) is 15.1. The molecule has 2 aromatic heterocycles. The van der Waals surface area contributed by atoms with Crippen molar-refractivity contribution in [2.75, 3.05) is 13.7 Å². The highest BCUT2D eigenvalue weighted by atomic mass is 16.5. The van der Waals surface area contributed by atoms with Gasteiger partial charge in [-0.1, -0.05) is 22.9 Å². The van der Waals surface area contributed by atoms with Crippen LogP contribution in [-0.4, -0.2) is 39.5 Å². The van der Waals surface area contributed by atoms with Crippen molar-refractivity contribution < 1.29 is 13.9 Å². The minimum atomic E-state index is -0.108. The zero-order valence-electron chi connectivity index (χ0n) is 16.4. The van der Waals surface area contributed by atoms with Crippen molar-refractivity contribution in [2.24, 2.45) is 0 Å². The first-order chi connectivity index (χ1) is 13.6. The van der Waals surface area contributed by atoms with Gasteiger partial charge < -0.3 is 14.1 Å². The number of amides is 1. The second kappa shape index (κ2) is 7.59. The first kappa shape index (κ1) is 18.4. The van der Waals surface area contributed by atoms with Crippen LogP contribution in [0.5, 0.6) is 0 Å². The van der Waals surface area contributed by atoms with Crippen molar-refractivity contribution in [2.45, 2.75) is 39.3 Å². The van der Waals surface area contributed by atoms with E-state index in [1.165, 1.54) is 5.56 Å². The minimum absolute atomic E-state index is 0.0815. The molecule has 4 rings (SSSR count). The molecule has 146 valence electrons. The van der Waals surface area contributed by atoms with Gasteiger partial charge in [-0.2, -0.15) is 0 Å². The molecule has 1 saturated heterocycles. The van der Waals surface area contributed by atoms with Crippen LogP contribution in [0.25, 0.3) is 5.69 Å². The lowest BCUT2D eigenvalue weighted by molar-refractivity contribution is 0.0709. The van der Waals surface area contributed by atoms with Gasteiger partial charge in [-0.05, 0) is 51.0 Å². The summed E-state index contributed by atoms with van der Waals surface area (Å²) in [5.41, 5.74) is 3.18. The Labute approximate surface area is 163 Å². The highest BCUT2D eigenvalue weighted by Gasteiger charge is 2.35. The Morgan fingerprint density at radius 1 is 1.21 bits per heavy atom. The molecule has 1 aromatic carbocycles. The van der Waals surface area contributed by atoms with Gasteiger partial charge in [0.05, 0.1) is 17.4 Å². The van der Waals surface area contributed by atoms with E-state index < -0.39 is 0 Å². The predicted molar refractivity (Wildman–Crippen MR) is 103 cm³/mol. The van der Waals surface area contributed by atoms with Crippen LogP contribution in [0.4, 0.5) is 0 Å². The largest absolute Gasteiger partial charge is 0.461 e. The number of carbonyl (C=O) groups excluding carboxylic acids is 1. The summed E-state index contributed by atoms with van der Waals surface area (Å²) < 4.78 is 12.7. The molecule has 1 aliphatic rings. The summed E-state index contributed by atoms with van der Waals surface area (Å²) in [5, 5.41) is 8.41. The topological polar surface area (TPSA) is 73.4 Å². The minimum Gasteiger partial charge on any atom is -0.461 e. The fourth-order valence-corrected chi connectivity index (χ4v) is 3.69. The zero-order chi connectivity index (χ0) is 19.7. The number of likely N-dealkylation sites (tertiary alicyclic amines) is 1. The standard InChI is InChI=1S/C21H24N4O3/c1-14-6-8-16(9-7-14)25-15(2)20(22-23-25)21(26)24-12-4-5-18(24)19-11-10-17(28-19)13-27-3/h6-11,18H,4-5,12-13H2,1-3H3. The molecule has 1 aliphatic heterocycles. The molecule has 1 atom stereocenters. The molecule has 0 radical (unpaired) electrons. The van der Waals surface area contributed by atoms with Crippen LogP contribution in [0.3, 0.4) is 0 Å². The molecular formula is C21H24N4O3. The van der Waals surface area contributed by atoms with Gasteiger partial charge in [0.15, 0.2) is 5.69 Å². The molecule has 0 saturated carbocycles. The van der Waals surface area contributed by atoms with Crippen molar-refractivity contribution >= 4 is 5.91 Å². The molecule has 0 spiro atoms. The van der Waals surface area contributed by atoms with Gasteiger partial charge in [-0.3, -0.25) is 4.79 Å². The molecule has 28 heavy (non-hydrogen) atoms. The smallest absolute Gasteiger partial charge is 0.276 e. The number of rotatable bonds is 5. The van der Waals surface area contributed by atoms with E-state index in [1.807, 2.05) is 55.1 Å². The second-order valence-electron chi connectivity index (χ2n) is 7.16. The molecule has 3 aromatic rings. The highest BCUT2D eigenvalue weighted by molar-refractivity contribution is 5.93. The summed E-state index contributed by atoms with van der Waals surface area (Å²) in [5.74, 6) is 1.45. The third-order valence-electron chi connectivity index (χ3n) is 5.19. The normalized spacial score (nSPS) is 16.7. The first-order valence-electron chi connectivity index (χ1n) is 9.46. The third kappa shape index (κ3) is 3.33. The number of ether oxygens (including phenoxy) is 1. The van der Waals surface area contributed by atoms with Gasteiger partial charge in [-0.25, -0.2) is 4.68 Å². The lowest BCUT2D eigenvalue weighted by atomic mass is 10.1. The van der Waals surface area contributed by atoms with E-state index in [0.29, 0.717) is 18.8 Å². The Balaban J connectivity index is 1.59. The van der Waals surface area contributed by atoms with Crippen LogP contribution in [0.2, 0.25) is 0 Å². The van der Waals surface area contributed by atoms with Crippen LogP contribution >= 0.6 is 0 Å². The molecule has 0 bridgehead atoms. The number of carbonyl (C=O) groups is 1. The lowest BCUT2D eigenvalue weighted by Crippen LogP contribution is -2.31. The number of hydrogen-bond donors (Lipinski definition) is 0. The summed E-state index contributed by atoms with van der Waals surface area (Å²) in [6, 6.07) is 11.7. The van der Waals surface area contributed by atoms with E-state index in [4.69, 9.17) is 9.15 Å². The fourth-order valence-electron chi connectivity index (χ4n) is 3.69. The Hall–Kier alpha value is -2.93. The molecule has 3 heterocycles. The highest BCUT2D eigenvalue weighted by Crippen LogP contribution is 2.34. The number of furan rings is 1. The van der Waals surface area contributed by atoms with Gasteiger partial charge in [0.1, 0.15) is 18.1 Å². The van der Waals surface area contributed by atoms with Gasteiger partial charge in [0.25, 0.3) is 5.91 Å². The molecule has 0 aliphatic carbocycles. The molecule has 1 unspecified atom stereocenters. The van der Waals surface area contributed by atoms with Crippen molar-refractivity contribution in [3.8, 4) is 5.69 Å². The Morgan fingerprint density at radius 3 is 2.75 bits per heavy atom. The molecule has 1 fully saturated rings. The van der Waals surface area contributed by atoms with Gasteiger partial charge in [0.2, 0.25) is 0 Å². The fraction of sp³-hybridized carbons (Fsp3) is 0.381. The van der Waals surface area contributed by atoms with Crippen molar-refractivity contribution in [3.63, 3.8) is 0 Å². The third-order valence-corrected chi connectivity index (χ3v) is 5.19. The van der Waals surface area contributed by atoms with Gasteiger partial charge >= 0.3 is 0 Å². The van der Waals surface area contributed by atoms with E-state index in [2.05, 4.69) is 10.3 Å². The Morgan fingerprint density at radius 2 is 2.00 bits per heavy atom. The van der Waals surface area contributed by atoms with Crippen LogP contribution < -0.4 is 0 Å². The Bertz CT molecular complexity index is 974. The SMILES string of the molecule is COCc1ccc(C2CCCN2C(=O)c2nnn(-c3ccc(C)cc3)c2C)o1. The van der Waals surface area contributed by atoms with E-state index >= 15 is 0 Å². The molecule has 7 heteroatoms. The van der Waals surface area contributed by atoms with Crippen molar-refractivity contribution in [1.82, 2.24) is 19.9 Å². The molecule has 0 N–H and O–H groups in total. The monoisotopic (exact) mass is 380 g/mol. The summed E-state index contributed by atoms with van der Waals surface area (Å²) in [7, 11) is 1.63. The Kier molecular flexibility index (Phi) is 5.00. The maximum atomic E-state index is 13.2. The van der Waals surface area contributed by atoms with E-state index in [1.54, 1.807) is 11.8 Å². The molecular weight excluding hydrogens is 356 g/mol. The number of aromatic nitrogens is 3. The second-order valence-corrected chi connectivity index (χ2v) is 7.16. The summed E-state index contributed by atoms with van der Waals surface area (Å²) in [6.07, 6.45) is 1.80. The quantitative estimate of drug-likeness (QED) is 0.676. The van der Waals surface area contributed by atoms with Gasteiger partial charge in [-0.15, -0.1) is 5.10 Å². The van der Waals surface area contributed by atoms with Crippen LogP contribution in [0.15, 0.2) is 40.8 Å². The number of methoxy groups -OCH3 is 1. The van der Waals surface area contributed by atoms with Crippen LogP contribution in [-0.2, 0) is 11.3 Å². The zero-order valence-corrected chi connectivity index (χ0v) is 16.4. The first-order valence-corrected chi connectivity index (χ1v) is 9.46. The van der Waals surface area contributed by atoms with Crippen LogP contribution in [0, 0.1) is 13.8 Å². The van der Waals surface area contributed by atoms with E-state index in [-0.39, 0.29) is 11.9 Å². The molecule has 7 nitrogen and oxygen atoms in total. The average molecular weight is 380 g/mol. The number of nitrogens with zero attached hydrogens (tertiary/aromatic N) is 4. The van der Waals surface area contributed by atoms with Crippen molar-refractivity contribution in [3.05, 3.63) is 64.9 Å². The average Bonchev–Trinajstić information content (AvgIpc) is 3.42. The summed E-state index contributed by atoms with van der Waals surface area (Å²) in [6.45, 7) is 5.01. The van der Waals surface area contributed by atoms with E-state index in [9.17, 15) is 4.79 Å². The maximum absolute atomic E-state index is 13.2. The molecule has 1 amide bonds. The summed E-state index contributed by atoms with van der Waals surface area (Å²) >= 11 is 0. The number of aryl methyl sites for hydroxylation is 1. The van der Waals surface area contributed by atoms with Gasteiger partial charge in [0, 0.05) is 13.7 Å². The maximum Gasteiger partial charge on any atom is 0.276 e.